The number of benzene rings is 1. The van der Waals surface area contributed by atoms with Crippen molar-refractivity contribution in [1.82, 2.24) is 0 Å². The summed E-state index contributed by atoms with van der Waals surface area (Å²) >= 11 is 1.60. The minimum absolute atomic E-state index is 0.165. The van der Waals surface area contributed by atoms with Crippen molar-refractivity contribution < 1.29 is 8.78 Å². The SMILES string of the molecule is Fc1ccc(F)c(NC2=NC3CCCC3CS2)c1. The molecule has 18 heavy (non-hydrogen) atoms. The summed E-state index contributed by atoms with van der Waals surface area (Å²) in [6.07, 6.45) is 3.58. The Hall–Kier alpha value is -1.10. The summed E-state index contributed by atoms with van der Waals surface area (Å²) < 4.78 is 26.6. The zero-order chi connectivity index (χ0) is 12.5. The van der Waals surface area contributed by atoms with Gasteiger partial charge in [0.25, 0.3) is 0 Å². The predicted octanol–water partition coefficient (Wildman–Crippen LogP) is 3.65. The Morgan fingerprint density at radius 3 is 3.06 bits per heavy atom. The van der Waals surface area contributed by atoms with E-state index in [1.807, 2.05) is 0 Å². The Balaban J connectivity index is 1.78. The maximum absolute atomic E-state index is 13.5. The highest BCUT2D eigenvalue weighted by Gasteiger charge is 2.31. The van der Waals surface area contributed by atoms with Crippen LogP contribution in [0.5, 0.6) is 0 Å². The molecule has 1 N–H and O–H groups in total. The van der Waals surface area contributed by atoms with Crippen LogP contribution in [-0.2, 0) is 0 Å². The first kappa shape index (κ1) is 12.0. The number of fused-ring (bicyclic) bond motifs is 1. The standard InChI is InChI=1S/C13H14F2N2S/c14-9-4-5-10(15)12(6-9)17-13-16-11-3-1-2-8(11)7-18-13/h4-6,8,11H,1-3,7H2,(H,16,17). The first-order chi connectivity index (χ1) is 8.72. The highest BCUT2D eigenvalue weighted by Crippen LogP contribution is 2.35. The number of amidine groups is 1. The molecule has 1 saturated carbocycles. The van der Waals surface area contributed by atoms with E-state index >= 15 is 0 Å². The fourth-order valence-corrected chi connectivity index (χ4v) is 3.69. The van der Waals surface area contributed by atoms with Crippen molar-refractivity contribution in [3.63, 3.8) is 0 Å². The van der Waals surface area contributed by atoms with Gasteiger partial charge in [-0.05, 0) is 30.9 Å². The summed E-state index contributed by atoms with van der Waals surface area (Å²) in [4.78, 5) is 4.59. The van der Waals surface area contributed by atoms with Crippen LogP contribution in [0.3, 0.4) is 0 Å². The van der Waals surface area contributed by atoms with Crippen LogP contribution in [-0.4, -0.2) is 17.0 Å². The van der Waals surface area contributed by atoms with E-state index in [9.17, 15) is 8.78 Å². The van der Waals surface area contributed by atoms with Gasteiger partial charge >= 0.3 is 0 Å². The summed E-state index contributed by atoms with van der Waals surface area (Å²) in [5, 5.41) is 3.61. The van der Waals surface area contributed by atoms with E-state index in [1.165, 1.54) is 18.9 Å². The molecule has 0 bridgehead atoms. The number of nitrogens with one attached hydrogen (secondary N) is 1. The Morgan fingerprint density at radius 2 is 2.17 bits per heavy atom. The van der Waals surface area contributed by atoms with Gasteiger partial charge in [0.2, 0.25) is 0 Å². The van der Waals surface area contributed by atoms with Crippen molar-refractivity contribution in [2.45, 2.75) is 25.3 Å². The number of anilines is 1. The summed E-state index contributed by atoms with van der Waals surface area (Å²) in [7, 11) is 0. The summed E-state index contributed by atoms with van der Waals surface area (Å²) in [6.45, 7) is 0. The number of hydrogen-bond donors (Lipinski definition) is 1. The van der Waals surface area contributed by atoms with Gasteiger partial charge in [-0.25, -0.2) is 8.78 Å². The normalized spacial score (nSPS) is 26.7. The highest BCUT2D eigenvalue weighted by molar-refractivity contribution is 8.14. The third-order valence-electron chi connectivity index (χ3n) is 3.51. The van der Waals surface area contributed by atoms with Crippen LogP contribution >= 0.6 is 11.8 Å². The van der Waals surface area contributed by atoms with E-state index < -0.39 is 11.6 Å². The van der Waals surface area contributed by atoms with Crippen molar-refractivity contribution in [2.24, 2.45) is 10.9 Å². The molecule has 0 aromatic heterocycles. The number of rotatable bonds is 1. The predicted molar refractivity (Wildman–Crippen MR) is 71.0 cm³/mol. The summed E-state index contributed by atoms with van der Waals surface area (Å²) in [5.74, 6) is 0.790. The van der Waals surface area contributed by atoms with Gasteiger partial charge in [-0.15, -0.1) is 0 Å². The smallest absolute Gasteiger partial charge is 0.161 e. The van der Waals surface area contributed by atoms with Crippen molar-refractivity contribution in [3.8, 4) is 0 Å². The molecule has 2 nitrogen and oxygen atoms in total. The molecule has 1 aromatic carbocycles. The second-order valence-electron chi connectivity index (χ2n) is 4.75. The lowest BCUT2D eigenvalue weighted by Crippen LogP contribution is -2.25. The molecule has 0 amide bonds. The van der Waals surface area contributed by atoms with E-state index in [4.69, 9.17) is 0 Å². The van der Waals surface area contributed by atoms with E-state index in [-0.39, 0.29) is 5.69 Å². The average Bonchev–Trinajstić information content (AvgIpc) is 2.81. The molecular formula is C13H14F2N2S. The van der Waals surface area contributed by atoms with Crippen LogP contribution in [0.15, 0.2) is 23.2 Å². The van der Waals surface area contributed by atoms with Crippen LogP contribution in [0, 0.1) is 17.6 Å². The van der Waals surface area contributed by atoms with Crippen LogP contribution in [0.4, 0.5) is 14.5 Å². The Morgan fingerprint density at radius 1 is 1.28 bits per heavy atom. The molecule has 1 fully saturated rings. The van der Waals surface area contributed by atoms with Gasteiger partial charge in [0.15, 0.2) is 5.17 Å². The van der Waals surface area contributed by atoms with Gasteiger partial charge in [-0.1, -0.05) is 18.2 Å². The third kappa shape index (κ3) is 2.36. The lowest BCUT2D eigenvalue weighted by atomic mass is 10.1. The van der Waals surface area contributed by atoms with Crippen molar-refractivity contribution in [3.05, 3.63) is 29.8 Å². The molecule has 3 rings (SSSR count). The van der Waals surface area contributed by atoms with Gasteiger partial charge in [-0.2, -0.15) is 0 Å². The van der Waals surface area contributed by atoms with Crippen molar-refractivity contribution >= 4 is 22.6 Å². The maximum Gasteiger partial charge on any atom is 0.161 e. The van der Waals surface area contributed by atoms with E-state index in [1.54, 1.807) is 11.8 Å². The average molecular weight is 268 g/mol. The number of halogens is 2. The molecular weight excluding hydrogens is 254 g/mol. The molecule has 0 saturated heterocycles. The molecule has 5 heteroatoms. The fourth-order valence-electron chi connectivity index (χ4n) is 2.53. The second kappa shape index (κ2) is 4.88. The topological polar surface area (TPSA) is 24.4 Å². The molecule has 0 spiro atoms. The Kier molecular flexibility index (Phi) is 3.24. The molecule has 96 valence electrons. The minimum atomic E-state index is -0.451. The van der Waals surface area contributed by atoms with Gasteiger partial charge in [-0.3, -0.25) is 4.99 Å². The molecule has 2 aliphatic rings. The van der Waals surface area contributed by atoms with Gasteiger partial charge in [0.05, 0.1) is 11.7 Å². The quantitative estimate of drug-likeness (QED) is 0.840. The minimum Gasteiger partial charge on any atom is -0.333 e. The first-order valence-electron chi connectivity index (χ1n) is 6.15. The lowest BCUT2D eigenvalue weighted by Gasteiger charge is -2.23. The largest absolute Gasteiger partial charge is 0.333 e. The van der Waals surface area contributed by atoms with Gasteiger partial charge < -0.3 is 5.32 Å². The van der Waals surface area contributed by atoms with Crippen molar-refractivity contribution in [2.75, 3.05) is 11.1 Å². The second-order valence-corrected chi connectivity index (χ2v) is 5.76. The number of hydrogen-bond acceptors (Lipinski definition) is 3. The third-order valence-corrected chi connectivity index (χ3v) is 4.58. The summed E-state index contributed by atoms with van der Waals surface area (Å²) in [6, 6.07) is 3.78. The summed E-state index contributed by atoms with van der Waals surface area (Å²) in [5.41, 5.74) is 0.165. The molecule has 0 radical (unpaired) electrons. The van der Waals surface area contributed by atoms with Crippen LogP contribution in [0.25, 0.3) is 0 Å². The zero-order valence-electron chi connectivity index (χ0n) is 9.83. The molecule has 1 aliphatic heterocycles. The molecule has 2 unspecified atom stereocenters. The number of nitrogens with zero attached hydrogens (tertiary/aromatic N) is 1. The number of aliphatic imine (C=N–C) groups is 1. The highest BCUT2D eigenvalue weighted by atomic mass is 32.2. The zero-order valence-corrected chi connectivity index (χ0v) is 10.6. The monoisotopic (exact) mass is 268 g/mol. The first-order valence-corrected chi connectivity index (χ1v) is 7.13. The molecule has 2 atom stereocenters. The number of thioether (sulfide) groups is 1. The van der Waals surface area contributed by atoms with Crippen LogP contribution in [0.2, 0.25) is 0 Å². The van der Waals surface area contributed by atoms with E-state index in [0.717, 1.165) is 24.3 Å². The van der Waals surface area contributed by atoms with Crippen LogP contribution < -0.4 is 5.32 Å². The van der Waals surface area contributed by atoms with Gasteiger partial charge in [0, 0.05) is 11.8 Å². The van der Waals surface area contributed by atoms with E-state index in [2.05, 4.69) is 10.3 Å². The fraction of sp³-hybridized carbons (Fsp3) is 0.462. The van der Waals surface area contributed by atoms with Crippen LogP contribution in [0.1, 0.15) is 19.3 Å². The Labute approximate surface area is 109 Å². The molecule has 1 aliphatic carbocycles. The van der Waals surface area contributed by atoms with E-state index in [0.29, 0.717) is 17.1 Å². The Bertz CT molecular complexity index is 490. The maximum atomic E-state index is 13.5. The molecule has 1 heterocycles. The van der Waals surface area contributed by atoms with Crippen molar-refractivity contribution in [1.29, 1.82) is 0 Å². The molecule has 1 aromatic rings. The lowest BCUT2D eigenvalue weighted by molar-refractivity contribution is 0.535. The van der Waals surface area contributed by atoms with Gasteiger partial charge in [0.1, 0.15) is 11.6 Å².